The molecule has 0 radical (unpaired) electrons. The molecule has 1 fully saturated rings. The summed E-state index contributed by atoms with van der Waals surface area (Å²) in [5, 5.41) is 9.26. The Balaban J connectivity index is 2.59. The van der Waals surface area contributed by atoms with Crippen molar-refractivity contribution in [3.63, 3.8) is 0 Å². The van der Waals surface area contributed by atoms with Gasteiger partial charge in [-0.1, -0.05) is 13.0 Å². The number of aliphatic hydroxyl groups excluding tert-OH is 1. The Morgan fingerprint density at radius 2 is 2.14 bits per heavy atom. The van der Waals surface area contributed by atoms with Gasteiger partial charge in [0.25, 0.3) is 0 Å². The predicted octanol–water partition coefficient (Wildman–Crippen LogP) is 0.417. The number of rotatable bonds is 3. The first-order chi connectivity index (χ1) is 6.67. The third kappa shape index (κ3) is 3.08. The van der Waals surface area contributed by atoms with Crippen LogP contribution in [0, 0.1) is 5.92 Å². The zero-order valence-electron chi connectivity index (χ0n) is 9.32. The van der Waals surface area contributed by atoms with Gasteiger partial charge in [-0.05, 0) is 13.0 Å². The minimum absolute atomic E-state index is 0.247. The van der Waals surface area contributed by atoms with Crippen molar-refractivity contribution in [1.82, 2.24) is 9.80 Å². The lowest BCUT2D eigenvalue weighted by Crippen LogP contribution is -2.41. The van der Waals surface area contributed by atoms with E-state index >= 15 is 0 Å². The molecule has 0 bridgehead atoms. The lowest BCUT2D eigenvalue weighted by Gasteiger charge is -2.26. The normalized spacial score (nSPS) is 31.4. The molecule has 1 heterocycles. The molecular formula is C11H22N2O. The molecule has 3 nitrogen and oxygen atoms in total. The van der Waals surface area contributed by atoms with Gasteiger partial charge in [0.1, 0.15) is 0 Å². The largest absolute Gasteiger partial charge is 0.395 e. The summed E-state index contributed by atoms with van der Waals surface area (Å²) in [6.07, 6.45) is 1.94. The molecule has 1 aliphatic heterocycles. The molecule has 0 aromatic rings. The van der Waals surface area contributed by atoms with Crippen molar-refractivity contribution < 1.29 is 5.11 Å². The van der Waals surface area contributed by atoms with Crippen LogP contribution in [0.25, 0.3) is 0 Å². The Hall–Kier alpha value is -0.380. The summed E-state index contributed by atoms with van der Waals surface area (Å²) in [5.41, 5.74) is 0. The van der Waals surface area contributed by atoms with Crippen LogP contribution in [0.1, 0.15) is 6.92 Å². The number of hydrogen-bond donors (Lipinski definition) is 1. The first-order valence-corrected chi connectivity index (χ1v) is 5.31. The first-order valence-electron chi connectivity index (χ1n) is 5.31. The molecule has 82 valence electrons. The molecule has 0 spiro atoms. The van der Waals surface area contributed by atoms with Gasteiger partial charge >= 0.3 is 0 Å². The van der Waals surface area contributed by atoms with Crippen molar-refractivity contribution >= 4 is 0 Å². The second-order valence-electron chi connectivity index (χ2n) is 4.39. The standard InChI is InChI=1S/C11H22N2O/c1-4-5-13-7-10(2)6-12(3)11(8-13)9-14/h4,10-11,14H,1,5-9H2,2-3H3. The van der Waals surface area contributed by atoms with E-state index in [1.54, 1.807) is 0 Å². The Morgan fingerprint density at radius 3 is 2.71 bits per heavy atom. The Labute approximate surface area is 87.0 Å². The first kappa shape index (κ1) is 11.7. The highest BCUT2D eigenvalue weighted by molar-refractivity contribution is 4.83. The van der Waals surface area contributed by atoms with Crippen molar-refractivity contribution in [3.05, 3.63) is 12.7 Å². The second kappa shape index (κ2) is 5.49. The summed E-state index contributed by atoms with van der Waals surface area (Å²) in [5.74, 6) is 0.663. The highest BCUT2D eigenvalue weighted by Crippen LogP contribution is 2.12. The Morgan fingerprint density at radius 1 is 1.43 bits per heavy atom. The van der Waals surface area contributed by atoms with Crippen LogP contribution in [-0.4, -0.2) is 60.8 Å². The smallest absolute Gasteiger partial charge is 0.0599 e. The van der Waals surface area contributed by atoms with Gasteiger partial charge in [0.05, 0.1) is 6.61 Å². The summed E-state index contributed by atoms with van der Waals surface area (Å²) in [6.45, 7) is 10.3. The molecule has 14 heavy (non-hydrogen) atoms. The molecule has 1 N–H and O–H groups in total. The van der Waals surface area contributed by atoms with E-state index in [-0.39, 0.29) is 12.6 Å². The Kier molecular flexibility index (Phi) is 4.58. The average Bonchev–Trinajstić information content (AvgIpc) is 2.25. The maximum Gasteiger partial charge on any atom is 0.0599 e. The van der Waals surface area contributed by atoms with Gasteiger partial charge in [-0.25, -0.2) is 0 Å². The minimum Gasteiger partial charge on any atom is -0.395 e. The van der Waals surface area contributed by atoms with E-state index in [0.29, 0.717) is 5.92 Å². The van der Waals surface area contributed by atoms with Gasteiger partial charge < -0.3 is 5.11 Å². The fourth-order valence-electron chi connectivity index (χ4n) is 2.18. The molecule has 0 aromatic heterocycles. The van der Waals surface area contributed by atoms with Crippen LogP contribution in [0.15, 0.2) is 12.7 Å². The van der Waals surface area contributed by atoms with Gasteiger partial charge in [-0.15, -0.1) is 6.58 Å². The van der Waals surface area contributed by atoms with Crippen LogP contribution in [0.3, 0.4) is 0 Å². The van der Waals surface area contributed by atoms with E-state index in [1.807, 2.05) is 6.08 Å². The number of aliphatic hydroxyl groups is 1. The highest BCUT2D eigenvalue weighted by atomic mass is 16.3. The predicted molar refractivity (Wildman–Crippen MR) is 59.3 cm³/mol. The van der Waals surface area contributed by atoms with Crippen molar-refractivity contribution in [2.75, 3.05) is 39.8 Å². The molecule has 1 saturated heterocycles. The molecule has 0 aliphatic carbocycles. The van der Waals surface area contributed by atoms with Crippen LogP contribution >= 0.6 is 0 Å². The molecule has 1 aliphatic rings. The molecule has 0 aromatic carbocycles. The minimum atomic E-state index is 0.247. The average molecular weight is 198 g/mol. The molecule has 2 atom stereocenters. The summed E-state index contributed by atoms with van der Waals surface area (Å²) < 4.78 is 0. The van der Waals surface area contributed by atoms with Crippen molar-refractivity contribution in [3.8, 4) is 0 Å². The summed E-state index contributed by atoms with van der Waals surface area (Å²) in [4.78, 5) is 4.62. The molecule has 2 unspecified atom stereocenters. The topological polar surface area (TPSA) is 26.7 Å². The maximum atomic E-state index is 9.26. The van der Waals surface area contributed by atoms with Crippen LogP contribution in [-0.2, 0) is 0 Å². The monoisotopic (exact) mass is 198 g/mol. The molecule has 0 amide bonds. The Bertz CT molecular complexity index is 184. The van der Waals surface area contributed by atoms with E-state index in [1.165, 1.54) is 0 Å². The van der Waals surface area contributed by atoms with Crippen molar-refractivity contribution in [1.29, 1.82) is 0 Å². The molecular weight excluding hydrogens is 176 g/mol. The third-order valence-electron chi connectivity index (χ3n) is 2.86. The maximum absolute atomic E-state index is 9.26. The number of likely N-dealkylation sites (N-methyl/N-ethyl adjacent to an activating group) is 1. The van der Waals surface area contributed by atoms with Gasteiger partial charge in [0.2, 0.25) is 0 Å². The molecule has 0 saturated carbocycles. The van der Waals surface area contributed by atoms with Gasteiger partial charge in [-0.2, -0.15) is 0 Å². The lowest BCUT2D eigenvalue weighted by molar-refractivity contribution is 0.133. The zero-order chi connectivity index (χ0) is 10.6. The second-order valence-corrected chi connectivity index (χ2v) is 4.39. The summed E-state index contributed by atoms with van der Waals surface area (Å²) in [6, 6.07) is 0.278. The highest BCUT2D eigenvalue weighted by Gasteiger charge is 2.24. The van der Waals surface area contributed by atoms with Gasteiger partial charge in [-0.3, -0.25) is 9.80 Å². The van der Waals surface area contributed by atoms with E-state index < -0.39 is 0 Å². The molecule has 3 heteroatoms. The fraction of sp³-hybridized carbons (Fsp3) is 0.818. The van der Waals surface area contributed by atoms with Gasteiger partial charge in [0.15, 0.2) is 0 Å². The SMILES string of the molecule is C=CCN1CC(C)CN(C)C(CO)C1. The van der Waals surface area contributed by atoms with Crippen LogP contribution in [0.2, 0.25) is 0 Å². The van der Waals surface area contributed by atoms with E-state index in [9.17, 15) is 5.11 Å². The van der Waals surface area contributed by atoms with Gasteiger partial charge in [0, 0.05) is 32.2 Å². The summed E-state index contributed by atoms with van der Waals surface area (Å²) >= 11 is 0. The third-order valence-corrected chi connectivity index (χ3v) is 2.86. The van der Waals surface area contributed by atoms with E-state index in [2.05, 4.69) is 30.4 Å². The number of nitrogens with zero attached hydrogens (tertiary/aromatic N) is 2. The quantitative estimate of drug-likeness (QED) is 0.666. The number of hydrogen-bond acceptors (Lipinski definition) is 3. The van der Waals surface area contributed by atoms with Crippen LogP contribution < -0.4 is 0 Å². The zero-order valence-corrected chi connectivity index (χ0v) is 9.32. The van der Waals surface area contributed by atoms with Crippen LogP contribution in [0.5, 0.6) is 0 Å². The molecule has 1 rings (SSSR count). The van der Waals surface area contributed by atoms with E-state index in [0.717, 1.165) is 26.2 Å². The lowest BCUT2D eigenvalue weighted by atomic mass is 10.1. The summed E-state index contributed by atoms with van der Waals surface area (Å²) in [7, 11) is 2.09. The van der Waals surface area contributed by atoms with E-state index in [4.69, 9.17) is 0 Å². The fourth-order valence-corrected chi connectivity index (χ4v) is 2.18. The van der Waals surface area contributed by atoms with Crippen molar-refractivity contribution in [2.24, 2.45) is 5.92 Å². The van der Waals surface area contributed by atoms with Crippen LogP contribution in [0.4, 0.5) is 0 Å². The van der Waals surface area contributed by atoms with Crippen molar-refractivity contribution in [2.45, 2.75) is 13.0 Å².